The van der Waals surface area contributed by atoms with Crippen LogP contribution in [0.15, 0.2) is 53.0 Å². The Morgan fingerprint density at radius 2 is 1.72 bits per heavy atom. The summed E-state index contributed by atoms with van der Waals surface area (Å²) in [5.41, 5.74) is -4.61. The number of carbonyl (C=O) groups excluding carboxylic acids is 3. The molecule has 13 atom stereocenters. The number of carbonyl (C=O) groups is 3. The summed E-state index contributed by atoms with van der Waals surface area (Å²) < 4.78 is 49.5. The molecule has 12 nitrogen and oxygen atoms in total. The topological polar surface area (TPSA) is 153 Å². The normalized spacial score (nSPS) is 38.9. The Balaban J connectivity index is 1.96. The predicted molar refractivity (Wildman–Crippen MR) is 234 cm³/mol. The minimum atomic E-state index is -3.19. The number of Topliss-reactive ketones (excluding diaryl/α,β-unsaturated/α-hetero) is 1. The van der Waals surface area contributed by atoms with Crippen LogP contribution in [0.5, 0.6) is 0 Å². The van der Waals surface area contributed by atoms with Crippen molar-refractivity contribution in [2.24, 2.45) is 28.2 Å². The molecule has 61 heavy (non-hydrogen) atoms. The monoisotopic (exact) mass is 857 g/mol. The third-order valence-electron chi connectivity index (χ3n) is 12.7. The molecule has 0 spiro atoms. The first kappa shape index (κ1) is 50.5. The first-order valence-electron chi connectivity index (χ1n) is 21.9. The Morgan fingerprint density at radius 1 is 1.07 bits per heavy atom. The van der Waals surface area contributed by atoms with Gasteiger partial charge in [-0.15, -0.1) is 0 Å². The predicted octanol–water partition coefficient (Wildman–Crippen LogP) is 7.09. The number of aliphatic imine (C=N–C) groups is 1. The summed E-state index contributed by atoms with van der Waals surface area (Å²) in [6.45, 7) is 21.1. The standard InChI is InChI=1S/C48H73FN2O10/c1-14-37-48(12,56)42-31(4)38(50-33(6)52)29(2)26-46(10,58-28-35(27-57-42)22-18-21-34-19-16-15-17-20-34)41(32(5)40(54)47(11,49)44(55)60-37)61-43-39(53)36(25-30(3)59-43)51(13)24-23-45(7,8)9/h15-22,29-32,36-37,39,41-43,53,56H,14,23-28H2,1-13H3/b21-18+,35-22+,50-38+/t29-,30-,31+,32+,36+,37-,39-,41-,42-,43+,46-,47+,48-/m1/s1. The number of hydrogen-bond donors (Lipinski definition) is 2. The van der Waals surface area contributed by atoms with Gasteiger partial charge in [0.2, 0.25) is 5.91 Å². The number of ketones is 1. The van der Waals surface area contributed by atoms with Crippen LogP contribution in [0.3, 0.4) is 0 Å². The summed E-state index contributed by atoms with van der Waals surface area (Å²) in [7, 11) is 1.95. The number of fused-ring (bicyclic) bond motifs is 5. The van der Waals surface area contributed by atoms with Gasteiger partial charge >= 0.3 is 5.97 Å². The number of allylic oxidation sites excluding steroid dienone is 2. The molecule has 3 aliphatic heterocycles. The zero-order valence-electron chi connectivity index (χ0n) is 38.8. The molecule has 0 aliphatic carbocycles. The highest BCUT2D eigenvalue weighted by atomic mass is 19.1. The second-order valence-electron chi connectivity index (χ2n) is 19.5. The molecule has 1 aromatic rings. The zero-order valence-corrected chi connectivity index (χ0v) is 38.8. The minimum absolute atomic E-state index is 0.0375. The van der Waals surface area contributed by atoms with Crippen LogP contribution in [0, 0.1) is 23.2 Å². The number of cyclic esters (lactones) is 1. The Kier molecular flexibility index (Phi) is 17.0. The van der Waals surface area contributed by atoms with Gasteiger partial charge < -0.3 is 38.8 Å². The molecule has 13 heteroatoms. The van der Waals surface area contributed by atoms with Crippen LogP contribution in [0.2, 0.25) is 0 Å². The van der Waals surface area contributed by atoms with Gasteiger partial charge in [-0.2, -0.15) is 0 Å². The summed E-state index contributed by atoms with van der Waals surface area (Å²) in [4.78, 5) is 47.9. The van der Waals surface area contributed by atoms with Crippen LogP contribution < -0.4 is 0 Å². The molecule has 0 unspecified atom stereocenters. The van der Waals surface area contributed by atoms with Crippen molar-refractivity contribution < 1.29 is 52.7 Å². The number of aliphatic hydroxyl groups excluding tert-OH is 1. The second-order valence-corrected chi connectivity index (χ2v) is 19.5. The summed E-state index contributed by atoms with van der Waals surface area (Å²) >= 11 is 0. The molecule has 3 heterocycles. The molecule has 0 saturated carbocycles. The second kappa shape index (κ2) is 20.6. The first-order valence-corrected chi connectivity index (χ1v) is 21.9. The Hall–Kier alpha value is -3.17. The lowest BCUT2D eigenvalue weighted by Crippen LogP contribution is -2.61. The fourth-order valence-corrected chi connectivity index (χ4v) is 9.13. The fraction of sp³-hybridized carbons (Fsp3) is 0.708. The van der Waals surface area contributed by atoms with E-state index in [1.165, 1.54) is 20.8 Å². The van der Waals surface area contributed by atoms with Crippen molar-refractivity contribution in [3.05, 3.63) is 53.6 Å². The van der Waals surface area contributed by atoms with E-state index in [2.05, 4.69) is 30.7 Å². The van der Waals surface area contributed by atoms with Crippen molar-refractivity contribution in [1.29, 1.82) is 0 Å². The van der Waals surface area contributed by atoms with E-state index in [0.29, 0.717) is 24.3 Å². The van der Waals surface area contributed by atoms with E-state index in [-0.39, 0.29) is 43.6 Å². The number of ether oxygens (including phenoxy) is 5. The lowest BCUT2D eigenvalue weighted by Gasteiger charge is -2.48. The first-order chi connectivity index (χ1) is 28.3. The van der Waals surface area contributed by atoms with Crippen LogP contribution in [-0.4, -0.2) is 125 Å². The number of esters is 1. The number of likely N-dealkylation sites (N-methyl/N-ethyl adjacent to an activating group) is 1. The van der Waals surface area contributed by atoms with Gasteiger partial charge in [-0.25, -0.2) is 14.2 Å². The third kappa shape index (κ3) is 12.5. The number of aliphatic hydroxyl groups is 2. The molecule has 0 aromatic heterocycles. The largest absolute Gasteiger partial charge is 0.457 e. The van der Waals surface area contributed by atoms with E-state index in [4.69, 9.17) is 23.7 Å². The summed E-state index contributed by atoms with van der Waals surface area (Å²) in [5, 5.41) is 24.4. The highest BCUT2D eigenvalue weighted by Gasteiger charge is 2.56. The molecule has 3 saturated heterocycles. The van der Waals surface area contributed by atoms with Crippen molar-refractivity contribution >= 4 is 29.4 Å². The van der Waals surface area contributed by atoms with Gasteiger partial charge in [0.15, 0.2) is 12.1 Å². The molecular formula is C48H73FN2O10. The highest BCUT2D eigenvalue weighted by molar-refractivity contribution is 6.08. The van der Waals surface area contributed by atoms with Crippen LogP contribution >= 0.6 is 0 Å². The molecule has 3 aliphatic rings. The van der Waals surface area contributed by atoms with Crippen molar-refractivity contribution in [3.8, 4) is 0 Å². The number of rotatable bonds is 8. The van der Waals surface area contributed by atoms with E-state index >= 15 is 4.39 Å². The van der Waals surface area contributed by atoms with Crippen molar-refractivity contribution in [1.82, 2.24) is 4.90 Å². The maximum absolute atomic E-state index is 17.0. The summed E-state index contributed by atoms with van der Waals surface area (Å²) in [5.74, 6) is -5.80. The van der Waals surface area contributed by atoms with Crippen molar-refractivity contribution in [3.63, 3.8) is 0 Å². The Labute approximate surface area is 363 Å². The average molecular weight is 857 g/mol. The number of nitrogens with zero attached hydrogens (tertiary/aromatic N) is 2. The van der Waals surface area contributed by atoms with Gasteiger partial charge in [-0.1, -0.05) is 97.0 Å². The molecule has 2 N–H and O–H groups in total. The highest BCUT2D eigenvalue weighted by Crippen LogP contribution is 2.41. The van der Waals surface area contributed by atoms with Gasteiger partial charge in [0.05, 0.1) is 37.1 Å². The minimum Gasteiger partial charge on any atom is -0.457 e. The summed E-state index contributed by atoms with van der Waals surface area (Å²) in [6, 6.07) is 9.34. The van der Waals surface area contributed by atoms with Gasteiger partial charge in [-0.05, 0) is 89.4 Å². The molecule has 342 valence electrons. The van der Waals surface area contributed by atoms with E-state index in [1.807, 2.05) is 69.5 Å². The van der Waals surface area contributed by atoms with Gasteiger partial charge in [-0.3, -0.25) is 9.59 Å². The van der Waals surface area contributed by atoms with Crippen molar-refractivity contribution in [2.45, 2.75) is 168 Å². The van der Waals surface area contributed by atoms with Gasteiger partial charge in [0, 0.05) is 30.5 Å². The van der Waals surface area contributed by atoms with E-state index in [9.17, 15) is 24.6 Å². The van der Waals surface area contributed by atoms with Crippen molar-refractivity contribution in [2.75, 3.05) is 26.8 Å². The van der Waals surface area contributed by atoms with E-state index in [1.54, 1.807) is 20.8 Å². The Bertz CT molecular complexity index is 1760. The average Bonchev–Trinajstić information content (AvgIpc) is 3.19. The van der Waals surface area contributed by atoms with E-state index in [0.717, 1.165) is 18.9 Å². The maximum atomic E-state index is 17.0. The number of amides is 1. The number of hydrogen-bond acceptors (Lipinski definition) is 11. The zero-order chi connectivity index (χ0) is 45.7. The molecule has 3 fully saturated rings. The fourth-order valence-electron chi connectivity index (χ4n) is 9.13. The van der Waals surface area contributed by atoms with Gasteiger partial charge in [0.25, 0.3) is 5.67 Å². The molecule has 1 amide bonds. The summed E-state index contributed by atoms with van der Waals surface area (Å²) in [6.07, 6.45) is 0.474. The van der Waals surface area contributed by atoms with Crippen LogP contribution in [0.25, 0.3) is 6.08 Å². The molecular weight excluding hydrogens is 784 g/mol. The lowest BCUT2D eigenvalue weighted by molar-refractivity contribution is -0.297. The van der Waals surface area contributed by atoms with Crippen LogP contribution in [0.1, 0.15) is 114 Å². The van der Waals surface area contributed by atoms with Crippen LogP contribution in [0.4, 0.5) is 4.39 Å². The van der Waals surface area contributed by atoms with E-state index < -0.39 is 83.0 Å². The van der Waals surface area contributed by atoms with Crippen LogP contribution in [-0.2, 0) is 38.1 Å². The molecule has 0 radical (unpaired) electrons. The third-order valence-corrected chi connectivity index (χ3v) is 12.7. The molecule has 2 bridgehead atoms. The molecule has 4 rings (SSSR count). The number of halogens is 1. The lowest BCUT2D eigenvalue weighted by atomic mass is 9.73. The Morgan fingerprint density at radius 3 is 2.33 bits per heavy atom. The number of benzene rings is 1. The SMILES string of the molecule is CC[C@H]1OC(=O)[C@@](C)(F)C(=O)[C@H](C)[C@@H](O[C@@H]2O[C@H](C)C[C@H](N(C)CCC(C)(C)C)[C@H]2O)[C@@]2(C)C[C@@H](C)/C(=N\C(C)=O)[C@H](C)[C@@H](OC/C(=C\C=C\c3ccccc3)CO2)[C@]1(C)O. The smallest absolute Gasteiger partial charge is 0.351 e. The maximum Gasteiger partial charge on any atom is 0.351 e. The van der Waals surface area contributed by atoms with Gasteiger partial charge in [0.1, 0.15) is 17.8 Å². The quantitative estimate of drug-likeness (QED) is 0.204. The molecule has 1 aromatic carbocycles. The number of alkyl halides is 1.